The van der Waals surface area contributed by atoms with E-state index in [9.17, 15) is 0 Å². The van der Waals surface area contributed by atoms with Crippen molar-refractivity contribution in [3.63, 3.8) is 0 Å². The van der Waals surface area contributed by atoms with Gasteiger partial charge < -0.3 is 19.9 Å². The van der Waals surface area contributed by atoms with Crippen LogP contribution < -0.4 is 10.2 Å². The number of hydrogen-bond donors (Lipinski definition) is 2. The fourth-order valence-corrected chi connectivity index (χ4v) is 3.29. The van der Waals surface area contributed by atoms with Gasteiger partial charge in [0.05, 0.1) is 19.4 Å². The first-order valence-corrected chi connectivity index (χ1v) is 7.79. The summed E-state index contributed by atoms with van der Waals surface area (Å²) in [7, 11) is 0. The van der Waals surface area contributed by atoms with Crippen LogP contribution in [0.3, 0.4) is 0 Å². The largest absolute Gasteiger partial charge is 0.378 e. The maximum absolute atomic E-state index is 5.41. The van der Waals surface area contributed by atoms with Crippen molar-refractivity contribution < 1.29 is 4.74 Å². The number of piperidine rings is 1. The van der Waals surface area contributed by atoms with E-state index < -0.39 is 0 Å². The summed E-state index contributed by atoms with van der Waals surface area (Å²) in [6, 6.07) is 0. The molecular weight excluding hydrogens is 266 g/mol. The number of morpholine rings is 1. The lowest BCUT2D eigenvalue weighted by atomic mass is 9.91. The number of fused-ring (bicyclic) bond motifs is 1. The molecule has 21 heavy (non-hydrogen) atoms. The van der Waals surface area contributed by atoms with Gasteiger partial charge in [0.1, 0.15) is 11.3 Å². The third-order valence-corrected chi connectivity index (χ3v) is 4.51. The molecule has 2 N–H and O–H groups in total. The summed E-state index contributed by atoms with van der Waals surface area (Å²) in [4.78, 5) is 15.0. The Morgan fingerprint density at radius 3 is 2.81 bits per heavy atom. The molecule has 0 aliphatic carbocycles. The quantitative estimate of drug-likeness (QED) is 0.870. The molecule has 2 aliphatic rings. The van der Waals surface area contributed by atoms with Gasteiger partial charge in [-0.05, 0) is 31.8 Å². The van der Waals surface area contributed by atoms with Gasteiger partial charge in [0.2, 0.25) is 0 Å². The van der Waals surface area contributed by atoms with Crippen molar-refractivity contribution in [3.8, 4) is 0 Å². The van der Waals surface area contributed by atoms with Crippen molar-refractivity contribution >= 4 is 17.0 Å². The highest BCUT2D eigenvalue weighted by molar-refractivity contribution is 5.77. The number of H-pyrrole nitrogens is 1. The number of anilines is 1. The molecule has 2 aliphatic heterocycles. The standard InChI is InChI=1S/C15H21N5O/c1-3-16-4-2-11(1)12-9-17-15-14(12)19-13(10-18-15)20-5-7-21-8-6-20/h9-11,16H,1-8H2,(H,17,18). The summed E-state index contributed by atoms with van der Waals surface area (Å²) in [5, 5.41) is 3.42. The smallest absolute Gasteiger partial charge is 0.156 e. The second-order valence-electron chi connectivity index (χ2n) is 5.79. The molecule has 2 aromatic heterocycles. The Labute approximate surface area is 123 Å². The molecule has 0 bridgehead atoms. The predicted molar refractivity (Wildman–Crippen MR) is 81.8 cm³/mol. The van der Waals surface area contributed by atoms with Crippen LogP contribution in [0, 0.1) is 0 Å². The van der Waals surface area contributed by atoms with E-state index in [0.29, 0.717) is 5.92 Å². The van der Waals surface area contributed by atoms with Crippen molar-refractivity contribution in [2.24, 2.45) is 0 Å². The average Bonchev–Trinajstić information content (AvgIpc) is 2.99. The SMILES string of the molecule is c1nc2[nH]cc(C3CCNCC3)c2nc1N1CCOCC1. The molecule has 0 atom stereocenters. The van der Waals surface area contributed by atoms with Crippen molar-refractivity contribution in [2.45, 2.75) is 18.8 Å². The fourth-order valence-electron chi connectivity index (χ4n) is 3.29. The molecule has 6 nitrogen and oxygen atoms in total. The van der Waals surface area contributed by atoms with Crippen molar-refractivity contribution in [2.75, 3.05) is 44.3 Å². The van der Waals surface area contributed by atoms with E-state index >= 15 is 0 Å². The van der Waals surface area contributed by atoms with Gasteiger partial charge in [-0.3, -0.25) is 0 Å². The zero-order chi connectivity index (χ0) is 14.1. The van der Waals surface area contributed by atoms with Crippen LogP contribution in [0.5, 0.6) is 0 Å². The summed E-state index contributed by atoms with van der Waals surface area (Å²) in [6.07, 6.45) is 6.33. The lowest BCUT2D eigenvalue weighted by molar-refractivity contribution is 0.122. The first kappa shape index (κ1) is 13.0. The van der Waals surface area contributed by atoms with Gasteiger partial charge in [-0.15, -0.1) is 0 Å². The Kier molecular flexibility index (Phi) is 3.48. The number of ether oxygens (including phenoxy) is 1. The molecular formula is C15H21N5O. The monoisotopic (exact) mass is 287 g/mol. The molecule has 112 valence electrons. The maximum atomic E-state index is 5.41. The maximum Gasteiger partial charge on any atom is 0.156 e. The van der Waals surface area contributed by atoms with E-state index in [1.165, 1.54) is 18.4 Å². The lowest BCUT2D eigenvalue weighted by Crippen LogP contribution is -2.36. The van der Waals surface area contributed by atoms with Crippen LogP contribution >= 0.6 is 0 Å². The zero-order valence-electron chi connectivity index (χ0n) is 12.1. The molecule has 4 heterocycles. The van der Waals surface area contributed by atoms with Crippen LogP contribution in [0.15, 0.2) is 12.4 Å². The molecule has 0 spiro atoms. The van der Waals surface area contributed by atoms with E-state index in [0.717, 1.165) is 56.4 Å². The van der Waals surface area contributed by atoms with E-state index in [2.05, 4.69) is 26.4 Å². The minimum absolute atomic E-state index is 0.592. The number of aromatic amines is 1. The Morgan fingerprint density at radius 1 is 1.19 bits per heavy atom. The first-order valence-electron chi connectivity index (χ1n) is 7.79. The van der Waals surface area contributed by atoms with Crippen molar-refractivity contribution in [1.82, 2.24) is 20.3 Å². The molecule has 2 fully saturated rings. The molecule has 0 amide bonds. The minimum atomic E-state index is 0.592. The normalized spacial score (nSPS) is 21.0. The molecule has 0 saturated carbocycles. The highest BCUT2D eigenvalue weighted by Crippen LogP contribution is 2.30. The van der Waals surface area contributed by atoms with Gasteiger partial charge in [0.25, 0.3) is 0 Å². The van der Waals surface area contributed by atoms with Crippen LogP contribution in [0.1, 0.15) is 24.3 Å². The van der Waals surface area contributed by atoms with Crippen LogP contribution in [0.2, 0.25) is 0 Å². The number of rotatable bonds is 2. The minimum Gasteiger partial charge on any atom is -0.378 e. The fraction of sp³-hybridized carbons (Fsp3) is 0.600. The van der Waals surface area contributed by atoms with Gasteiger partial charge in [-0.2, -0.15) is 0 Å². The third-order valence-electron chi connectivity index (χ3n) is 4.51. The summed E-state index contributed by atoms with van der Waals surface area (Å²) in [6.45, 7) is 5.52. The lowest BCUT2D eigenvalue weighted by Gasteiger charge is -2.27. The summed E-state index contributed by atoms with van der Waals surface area (Å²) in [5.41, 5.74) is 3.28. The summed E-state index contributed by atoms with van der Waals surface area (Å²) >= 11 is 0. The predicted octanol–water partition coefficient (Wildman–Crippen LogP) is 1.26. The highest BCUT2D eigenvalue weighted by atomic mass is 16.5. The highest BCUT2D eigenvalue weighted by Gasteiger charge is 2.21. The van der Waals surface area contributed by atoms with Crippen LogP contribution in [-0.4, -0.2) is 54.3 Å². The molecule has 4 rings (SSSR count). The number of hydrogen-bond acceptors (Lipinski definition) is 5. The number of nitrogens with one attached hydrogen (secondary N) is 2. The van der Waals surface area contributed by atoms with Gasteiger partial charge in [-0.25, -0.2) is 9.97 Å². The van der Waals surface area contributed by atoms with E-state index in [-0.39, 0.29) is 0 Å². The summed E-state index contributed by atoms with van der Waals surface area (Å²) in [5.74, 6) is 1.56. The van der Waals surface area contributed by atoms with E-state index in [4.69, 9.17) is 9.72 Å². The Hall–Kier alpha value is -1.66. The van der Waals surface area contributed by atoms with E-state index in [1.807, 2.05) is 6.20 Å². The van der Waals surface area contributed by atoms with Crippen LogP contribution in [0.25, 0.3) is 11.2 Å². The van der Waals surface area contributed by atoms with Gasteiger partial charge in [0, 0.05) is 24.8 Å². The number of nitrogens with zero attached hydrogens (tertiary/aromatic N) is 3. The van der Waals surface area contributed by atoms with Crippen LogP contribution in [-0.2, 0) is 4.74 Å². The molecule has 6 heteroatoms. The Bertz CT molecular complexity index is 614. The topological polar surface area (TPSA) is 66.1 Å². The molecule has 0 radical (unpaired) electrons. The second kappa shape index (κ2) is 5.61. The molecule has 2 aromatic rings. The van der Waals surface area contributed by atoms with Crippen molar-refractivity contribution in [3.05, 3.63) is 18.0 Å². The van der Waals surface area contributed by atoms with Gasteiger partial charge in [0.15, 0.2) is 5.65 Å². The first-order chi connectivity index (χ1) is 10.4. The third kappa shape index (κ3) is 2.49. The Morgan fingerprint density at radius 2 is 2.00 bits per heavy atom. The van der Waals surface area contributed by atoms with E-state index in [1.54, 1.807) is 0 Å². The van der Waals surface area contributed by atoms with Crippen LogP contribution in [0.4, 0.5) is 5.82 Å². The average molecular weight is 287 g/mol. The summed E-state index contributed by atoms with van der Waals surface area (Å²) < 4.78 is 5.41. The van der Waals surface area contributed by atoms with Gasteiger partial charge in [-0.1, -0.05) is 0 Å². The van der Waals surface area contributed by atoms with Crippen molar-refractivity contribution in [1.29, 1.82) is 0 Å². The molecule has 0 aromatic carbocycles. The molecule has 0 unspecified atom stereocenters. The van der Waals surface area contributed by atoms with Gasteiger partial charge >= 0.3 is 0 Å². The zero-order valence-corrected chi connectivity index (χ0v) is 12.1. The Balaban J connectivity index is 1.68. The second-order valence-corrected chi connectivity index (χ2v) is 5.79. The number of aromatic nitrogens is 3. The molecule has 2 saturated heterocycles.